The number of benzene rings is 1. The Labute approximate surface area is 161 Å². The van der Waals surface area contributed by atoms with Crippen LogP contribution in [0, 0.1) is 33.6 Å². The molecule has 1 saturated heterocycles. The molecule has 0 amide bonds. The van der Waals surface area contributed by atoms with Gasteiger partial charge < -0.3 is 0 Å². The van der Waals surface area contributed by atoms with Crippen molar-refractivity contribution in [1.29, 1.82) is 0 Å². The van der Waals surface area contributed by atoms with Gasteiger partial charge in [-0.25, -0.2) is 8.42 Å². The van der Waals surface area contributed by atoms with Gasteiger partial charge in [0.15, 0.2) is 0 Å². The molecule has 1 aliphatic heterocycles. The first-order chi connectivity index (χ1) is 12.6. The number of aryl methyl sites for hydroxylation is 3. The molecule has 0 aliphatic carbocycles. The van der Waals surface area contributed by atoms with E-state index < -0.39 is 10.0 Å². The minimum Gasteiger partial charge on any atom is -0.267 e. The normalized spacial score (nSPS) is 16.6. The third-order valence-corrected chi connectivity index (χ3v) is 7.38. The molecule has 1 aromatic heterocycles. The number of piperidine rings is 1. The largest absolute Gasteiger partial charge is 0.278 e. The number of nitrogens with zero attached hydrogens (tertiary/aromatic N) is 3. The van der Waals surface area contributed by atoms with E-state index in [-0.39, 0.29) is 10.8 Å². The maximum atomic E-state index is 13.2. The molecule has 1 fully saturated rings. The van der Waals surface area contributed by atoms with E-state index in [0.717, 1.165) is 24.0 Å². The van der Waals surface area contributed by atoms with Crippen LogP contribution in [0.1, 0.15) is 52.6 Å². The third kappa shape index (κ3) is 3.71. The maximum absolute atomic E-state index is 13.2. The van der Waals surface area contributed by atoms with Crippen LogP contribution in [0.5, 0.6) is 0 Å². The molecule has 3 rings (SSSR count). The average Bonchev–Trinajstić information content (AvgIpc) is 2.88. The highest BCUT2D eigenvalue weighted by Crippen LogP contribution is 2.28. The van der Waals surface area contributed by atoms with Gasteiger partial charge in [0.05, 0.1) is 11.4 Å². The molecule has 2 aromatic rings. The van der Waals surface area contributed by atoms with E-state index in [4.69, 9.17) is 0 Å². The molecular formula is C20H27N3O3S. The zero-order valence-corrected chi connectivity index (χ0v) is 17.4. The summed E-state index contributed by atoms with van der Waals surface area (Å²) in [5.41, 5.74) is 3.21. The highest BCUT2D eigenvalue weighted by Gasteiger charge is 2.34. The van der Waals surface area contributed by atoms with Crippen molar-refractivity contribution in [1.82, 2.24) is 14.1 Å². The fraction of sp³-hybridized carbons (Fsp3) is 0.500. The number of carbonyl (C=O) groups is 1. The van der Waals surface area contributed by atoms with Gasteiger partial charge >= 0.3 is 0 Å². The van der Waals surface area contributed by atoms with E-state index in [9.17, 15) is 13.2 Å². The van der Waals surface area contributed by atoms with E-state index in [2.05, 4.69) is 12.0 Å². The first-order valence-corrected chi connectivity index (χ1v) is 10.7. The van der Waals surface area contributed by atoms with Crippen molar-refractivity contribution in [2.45, 2.75) is 52.4 Å². The van der Waals surface area contributed by atoms with Crippen LogP contribution in [-0.2, 0) is 10.0 Å². The maximum Gasteiger partial charge on any atom is 0.278 e. The number of aromatic nitrogens is 2. The minimum atomic E-state index is -3.66. The van der Waals surface area contributed by atoms with E-state index in [1.54, 1.807) is 26.0 Å². The lowest BCUT2D eigenvalue weighted by atomic mass is 10.0. The van der Waals surface area contributed by atoms with Crippen LogP contribution in [0.15, 0.2) is 23.1 Å². The molecule has 1 aromatic carbocycles. The lowest BCUT2D eigenvalue weighted by molar-refractivity contribution is 0.0942. The van der Waals surface area contributed by atoms with Crippen molar-refractivity contribution in [2.75, 3.05) is 13.1 Å². The SMILES string of the molecule is Cc1cc(C)cc(C(=O)n2nc(C)c(S(=O)(=O)N3CCC(C)CC3)c2C)c1. The molecule has 27 heavy (non-hydrogen) atoms. The van der Waals surface area contributed by atoms with Crippen LogP contribution in [-0.4, -0.2) is 41.5 Å². The number of rotatable bonds is 3. The van der Waals surface area contributed by atoms with E-state index >= 15 is 0 Å². The van der Waals surface area contributed by atoms with Crippen molar-refractivity contribution in [3.05, 3.63) is 46.3 Å². The molecular weight excluding hydrogens is 362 g/mol. The van der Waals surface area contributed by atoms with Gasteiger partial charge in [0.25, 0.3) is 5.91 Å². The fourth-order valence-electron chi connectivity index (χ4n) is 3.77. The molecule has 146 valence electrons. The highest BCUT2D eigenvalue weighted by molar-refractivity contribution is 7.89. The molecule has 7 heteroatoms. The lowest BCUT2D eigenvalue weighted by Crippen LogP contribution is -2.38. The number of hydrogen-bond acceptors (Lipinski definition) is 4. The van der Waals surface area contributed by atoms with Gasteiger partial charge in [-0.2, -0.15) is 14.1 Å². The fourth-order valence-corrected chi connectivity index (χ4v) is 5.60. The number of carbonyl (C=O) groups excluding carboxylic acids is 1. The summed E-state index contributed by atoms with van der Waals surface area (Å²) >= 11 is 0. The zero-order chi connectivity index (χ0) is 19.9. The molecule has 0 saturated carbocycles. The van der Waals surface area contributed by atoms with Crippen LogP contribution in [0.4, 0.5) is 0 Å². The standard InChI is InChI=1S/C20H27N3O3S/c1-13-6-8-22(9-7-13)27(25,26)19-16(4)21-23(17(19)5)20(24)18-11-14(2)10-15(3)12-18/h10-13H,6-9H2,1-5H3. The Kier molecular flexibility index (Phi) is 5.27. The van der Waals surface area contributed by atoms with Crippen LogP contribution in [0.3, 0.4) is 0 Å². The Balaban J connectivity index is 2.01. The van der Waals surface area contributed by atoms with E-state index in [1.807, 2.05) is 19.9 Å². The topological polar surface area (TPSA) is 72.3 Å². The van der Waals surface area contributed by atoms with Crippen molar-refractivity contribution >= 4 is 15.9 Å². The van der Waals surface area contributed by atoms with Gasteiger partial charge in [-0.05, 0) is 58.6 Å². The van der Waals surface area contributed by atoms with Gasteiger partial charge in [0, 0.05) is 18.7 Å². The van der Waals surface area contributed by atoms with E-state index in [0.29, 0.717) is 36.0 Å². The lowest BCUT2D eigenvalue weighted by Gasteiger charge is -2.29. The summed E-state index contributed by atoms with van der Waals surface area (Å²) < 4.78 is 29.1. The second-order valence-electron chi connectivity index (χ2n) is 7.68. The Morgan fingerprint density at radius 3 is 2.15 bits per heavy atom. The Bertz CT molecular complexity index is 964. The minimum absolute atomic E-state index is 0.162. The molecule has 1 aliphatic rings. The molecule has 0 atom stereocenters. The smallest absolute Gasteiger partial charge is 0.267 e. The predicted molar refractivity (Wildman–Crippen MR) is 105 cm³/mol. The van der Waals surface area contributed by atoms with Gasteiger partial charge in [0.1, 0.15) is 4.90 Å². The second kappa shape index (κ2) is 7.20. The Hall–Kier alpha value is -1.99. The van der Waals surface area contributed by atoms with Crippen LogP contribution in [0.25, 0.3) is 0 Å². The summed E-state index contributed by atoms with van der Waals surface area (Å²) in [6, 6.07) is 5.59. The van der Waals surface area contributed by atoms with Gasteiger partial charge in [-0.3, -0.25) is 4.79 Å². The first kappa shape index (κ1) is 19.8. The summed E-state index contributed by atoms with van der Waals surface area (Å²) in [5, 5.41) is 4.28. The van der Waals surface area contributed by atoms with Crippen LogP contribution >= 0.6 is 0 Å². The van der Waals surface area contributed by atoms with Crippen molar-refractivity contribution in [3.63, 3.8) is 0 Å². The van der Waals surface area contributed by atoms with Gasteiger partial charge in [0.2, 0.25) is 10.0 Å². The zero-order valence-electron chi connectivity index (χ0n) is 16.6. The summed E-state index contributed by atoms with van der Waals surface area (Å²) in [5.74, 6) is 0.226. The van der Waals surface area contributed by atoms with Crippen LogP contribution < -0.4 is 0 Å². The monoisotopic (exact) mass is 389 g/mol. The molecule has 2 heterocycles. The van der Waals surface area contributed by atoms with Crippen LogP contribution in [0.2, 0.25) is 0 Å². The summed E-state index contributed by atoms with van der Waals surface area (Å²) in [6.07, 6.45) is 1.71. The average molecular weight is 390 g/mol. The molecule has 6 nitrogen and oxygen atoms in total. The molecule has 0 N–H and O–H groups in total. The first-order valence-electron chi connectivity index (χ1n) is 9.30. The Morgan fingerprint density at radius 1 is 1.04 bits per heavy atom. The molecule has 0 unspecified atom stereocenters. The van der Waals surface area contributed by atoms with Gasteiger partial charge in [-0.1, -0.05) is 24.1 Å². The summed E-state index contributed by atoms with van der Waals surface area (Å²) in [4.78, 5) is 13.1. The summed E-state index contributed by atoms with van der Waals surface area (Å²) in [7, 11) is -3.66. The highest BCUT2D eigenvalue weighted by atomic mass is 32.2. The number of sulfonamides is 1. The van der Waals surface area contributed by atoms with Crippen molar-refractivity contribution in [2.24, 2.45) is 5.92 Å². The second-order valence-corrected chi connectivity index (χ2v) is 9.55. The summed E-state index contributed by atoms with van der Waals surface area (Å²) in [6.45, 7) is 10.3. The van der Waals surface area contributed by atoms with Crippen molar-refractivity contribution in [3.8, 4) is 0 Å². The molecule has 0 radical (unpaired) electrons. The van der Waals surface area contributed by atoms with E-state index in [1.165, 1.54) is 8.99 Å². The number of hydrogen-bond donors (Lipinski definition) is 0. The Morgan fingerprint density at radius 2 is 1.59 bits per heavy atom. The third-order valence-electron chi connectivity index (χ3n) is 5.23. The van der Waals surface area contributed by atoms with Crippen molar-refractivity contribution < 1.29 is 13.2 Å². The van der Waals surface area contributed by atoms with Gasteiger partial charge in [-0.15, -0.1) is 0 Å². The molecule has 0 bridgehead atoms. The molecule has 0 spiro atoms. The quantitative estimate of drug-likeness (QED) is 0.808. The predicted octanol–water partition coefficient (Wildman–Crippen LogP) is 3.23.